The minimum atomic E-state index is -0.0761. The van der Waals surface area contributed by atoms with E-state index in [0.717, 1.165) is 5.76 Å². The first kappa shape index (κ1) is 12.5. The van der Waals surface area contributed by atoms with Crippen LogP contribution in [0.1, 0.15) is 30.3 Å². The van der Waals surface area contributed by atoms with E-state index in [9.17, 15) is 0 Å². The molecule has 2 heterocycles. The number of pyridine rings is 1. The fourth-order valence-corrected chi connectivity index (χ4v) is 1.62. The van der Waals surface area contributed by atoms with E-state index in [1.165, 1.54) is 0 Å². The molecule has 0 radical (unpaired) electrons. The summed E-state index contributed by atoms with van der Waals surface area (Å²) in [6.07, 6.45) is 1.69. The highest BCUT2D eigenvalue weighted by Crippen LogP contribution is 2.17. The average molecular weight is 262 g/mol. The second kappa shape index (κ2) is 5.14. The molecule has 0 amide bonds. The molecule has 0 aromatic carbocycles. The maximum absolute atomic E-state index is 5.54. The van der Waals surface area contributed by atoms with E-state index >= 15 is 0 Å². The lowest BCUT2D eigenvalue weighted by Crippen LogP contribution is -2.14. The number of nitrogens with two attached hydrogens (primary N) is 1. The lowest BCUT2D eigenvalue weighted by atomic mass is 10.3. The van der Waals surface area contributed by atoms with E-state index in [2.05, 4.69) is 15.3 Å². The number of oxazole rings is 1. The predicted octanol–water partition coefficient (Wildman–Crippen LogP) is 2.19. The minimum absolute atomic E-state index is 0.0761. The molecule has 0 bridgehead atoms. The maximum atomic E-state index is 5.54. The van der Waals surface area contributed by atoms with Gasteiger partial charge in [0.25, 0.3) is 0 Å². The summed E-state index contributed by atoms with van der Waals surface area (Å²) in [5.41, 5.74) is 6.13. The molecule has 0 saturated carbocycles. The smallest absolute Gasteiger partial charge is 0.216 e. The molecule has 6 heteroatoms. The molecular formula is C12H14N4OS. The molecule has 0 spiro atoms. The Hall–Kier alpha value is -1.95. The normalized spacial score (nSPS) is 12.1. The SMILES string of the molecule is Cc1cnc(C(C)Nc2cccc(C(N)=S)n2)o1. The number of nitrogens with zero attached hydrogens (tertiary/aromatic N) is 2. The van der Waals surface area contributed by atoms with Gasteiger partial charge in [-0.25, -0.2) is 9.97 Å². The Balaban J connectivity index is 2.14. The molecular weight excluding hydrogens is 248 g/mol. The topological polar surface area (TPSA) is 77.0 Å². The zero-order chi connectivity index (χ0) is 13.1. The van der Waals surface area contributed by atoms with Crippen molar-refractivity contribution >= 4 is 23.0 Å². The van der Waals surface area contributed by atoms with Crippen LogP contribution in [0.15, 0.2) is 28.8 Å². The molecule has 0 aliphatic rings. The van der Waals surface area contributed by atoms with Gasteiger partial charge in [-0.2, -0.15) is 0 Å². The number of anilines is 1. The number of aryl methyl sites for hydroxylation is 1. The number of nitrogens with one attached hydrogen (secondary N) is 1. The molecule has 2 aromatic heterocycles. The van der Waals surface area contributed by atoms with Crippen molar-refractivity contribution in [3.63, 3.8) is 0 Å². The van der Waals surface area contributed by atoms with Crippen LogP contribution >= 0.6 is 12.2 Å². The fourth-order valence-electron chi connectivity index (χ4n) is 1.51. The van der Waals surface area contributed by atoms with Gasteiger partial charge < -0.3 is 15.5 Å². The van der Waals surface area contributed by atoms with Crippen LogP contribution in [0.2, 0.25) is 0 Å². The summed E-state index contributed by atoms with van der Waals surface area (Å²) in [7, 11) is 0. The van der Waals surface area contributed by atoms with Gasteiger partial charge in [-0.05, 0) is 26.0 Å². The zero-order valence-corrected chi connectivity index (χ0v) is 11.0. The van der Waals surface area contributed by atoms with Crippen molar-refractivity contribution in [2.75, 3.05) is 5.32 Å². The molecule has 94 valence electrons. The Morgan fingerprint density at radius 2 is 2.28 bits per heavy atom. The van der Waals surface area contributed by atoms with Gasteiger partial charge >= 0.3 is 0 Å². The minimum Gasteiger partial charge on any atom is -0.444 e. The molecule has 18 heavy (non-hydrogen) atoms. The summed E-state index contributed by atoms with van der Waals surface area (Å²) in [5.74, 6) is 2.09. The first-order chi connectivity index (χ1) is 8.56. The number of hydrogen-bond donors (Lipinski definition) is 2. The van der Waals surface area contributed by atoms with Crippen LogP contribution in [0.4, 0.5) is 5.82 Å². The van der Waals surface area contributed by atoms with Gasteiger partial charge in [0, 0.05) is 0 Å². The predicted molar refractivity (Wildman–Crippen MR) is 73.4 cm³/mol. The van der Waals surface area contributed by atoms with E-state index in [4.69, 9.17) is 22.4 Å². The largest absolute Gasteiger partial charge is 0.444 e. The molecule has 5 nitrogen and oxygen atoms in total. The first-order valence-corrected chi connectivity index (χ1v) is 5.93. The van der Waals surface area contributed by atoms with Crippen molar-refractivity contribution in [2.45, 2.75) is 19.9 Å². The lowest BCUT2D eigenvalue weighted by molar-refractivity contribution is 0.453. The molecule has 2 rings (SSSR count). The third-order valence-electron chi connectivity index (χ3n) is 2.38. The molecule has 3 N–H and O–H groups in total. The van der Waals surface area contributed by atoms with Gasteiger partial charge in [-0.3, -0.25) is 0 Å². The summed E-state index contributed by atoms with van der Waals surface area (Å²) in [6, 6.07) is 5.38. The average Bonchev–Trinajstić information content (AvgIpc) is 2.76. The molecule has 0 fully saturated rings. The quantitative estimate of drug-likeness (QED) is 0.822. The standard InChI is InChI=1S/C12H14N4OS/c1-7-6-14-12(17-7)8(2)15-10-5-3-4-9(16-10)11(13)18/h3-6,8H,1-2H3,(H2,13,18)(H,15,16). The van der Waals surface area contributed by atoms with Crippen molar-refractivity contribution in [1.82, 2.24) is 9.97 Å². The van der Waals surface area contributed by atoms with E-state index in [-0.39, 0.29) is 11.0 Å². The number of thiocarbonyl (C=S) groups is 1. The molecule has 0 aliphatic heterocycles. The Bertz CT molecular complexity index is 567. The van der Waals surface area contributed by atoms with Gasteiger partial charge in [0.05, 0.1) is 11.9 Å². The molecule has 1 unspecified atom stereocenters. The third-order valence-corrected chi connectivity index (χ3v) is 2.58. The molecule has 2 aromatic rings. The van der Waals surface area contributed by atoms with E-state index in [1.54, 1.807) is 12.3 Å². The summed E-state index contributed by atoms with van der Waals surface area (Å²) in [6.45, 7) is 3.80. The van der Waals surface area contributed by atoms with E-state index in [1.807, 2.05) is 26.0 Å². The van der Waals surface area contributed by atoms with Crippen molar-refractivity contribution in [3.8, 4) is 0 Å². The van der Waals surface area contributed by atoms with Crippen molar-refractivity contribution in [2.24, 2.45) is 5.73 Å². The second-order valence-electron chi connectivity index (χ2n) is 3.95. The van der Waals surface area contributed by atoms with Crippen LogP contribution in [0, 0.1) is 6.92 Å². The van der Waals surface area contributed by atoms with Gasteiger partial charge in [-0.1, -0.05) is 18.3 Å². The highest BCUT2D eigenvalue weighted by Gasteiger charge is 2.12. The molecule has 1 atom stereocenters. The summed E-state index contributed by atoms with van der Waals surface area (Å²) in [5, 5.41) is 3.18. The van der Waals surface area contributed by atoms with Crippen LogP contribution in [0.3, 0.4) is 0 Å². The van der Waals surface area contributed by atoms with Crippen LogP contribution in [0.5, 0.6) is 0 Å². The first-order valence-electron chi connectivity index (χ1n) is 5.52. The highest BCUT2D eigenvalue weighted by atomic mass is 32.1. The van der Waals surface area contributed by atoms with Crippen molar-refractivity contribution in [3.05, 3.63) is 41.7 Å². The second-order valence-corrected chi connectivity index (χ2v) is 4.39. The Kier molecular flexibility index (Phi) is 3.57. The molecule has 0 saturated heterocycles. The van der Waals surface area contributed by atoms with Crippen LogP contribution < -0.4 is 11.1 Å². The van der Waals surface area contributed by atoms with Crippen molar-refractivity contribution in [1.29, 1.82) is 0 Å². The van der Waals surface area contributed by atoms with Crippen LogP contribution in [-0.2, 0) is 0 Å². The Morgan fingerprint density at radius 3 is 2.89 bits per heavy atom. The highest BCUT2D eigenvalue weighted by molar-refractivity contribution is 7.80. The molecule has 0 aliphatic carbocycles. The lowest BCUT2D eigenvalue weighted by Gasteiger charge is -2.11. The third kappa shape index (κ3) is 2.84. The van der Waals surface area contributed by atoms with E-state index in [0.29, 0.717) is 17.4 Å². The summed E-state index contributed by atoms with van der Waals surface area (Å²) in [4.78, 5) is 8.74. The number of aromatic nitrogens is 2. The van der Waals surface area contributed by atoms with E-state index < -0.39 is 0 Å². The monoisotopic (exact) mass is 262 g/mol. The summed E-state index contributed by atoms with van der Waals surface area (Å²) >= 11 is 4.89. The number of rotatable bonds is 4. The van der Waals surface area contributed by atoms with Gasteiger partial charge in [0.2, 0.25) is 5.89 Å². The van der Waals surface area contributed by atoms with Gasteiger partial charge in [0.1, 0.15) is 22.6 Å². The van der Waals surface area contributed by atoms with Crippen LogP contribution in [0.25, 0.3) is 0 Å². The number of hydrogen-bond acceptors (Lipinski definition) is 5. The summed E-state index contributed by atoms with van der Waals surface area (Å²) < 4.78 is 5.44. The van der Waals surface area contributed by atoms with Crippen LogP contribution in [-0.4, -0.2) is 15.0 Å². The Labute approximate surface area is 110 Å². The van der Waals surface area contributed by atoms with Gasteiger partial charge in [0.15, 0.2) is 0 Å². The fraction of sp³-hybridized carbons (Fsp3) is 0.250. The zero-order valence-electron chi connectivity index (χ0n) is 10.2. The van der Waals surface area contributed by atoms with Crippen molar-refractivity contribution < 1.29 is 4.42 Å². The Morgan fingerprint density at radius 1 is 1.50 bits per heavy atom. The van der Waals surface area contributed by atoms with Gasteiger partial charge in [-0.15, -0.1) is 0 Å². The maximum Gasteiger partial charge on any atom is 0.216 e.